The maximum atomic E-state index is 10.4. The zero-order valence-corrected chi connectivity index (χ0v) is 29.4. The number of aryl methyl sites for hydroxylation is 2. The van der Waals surface area contributed by atoms with Gasteiger partial charge in [-0.2, -0.15) is 0 Å². The van der Waals surface area contributed by atoms with Crippen molar-refractivity contribution in [3.8, 4) is 23.0 Å². The Labute approximate surface area is 300 Å². The second-order valence-corrected chi connectivity index (χ2v) is 15.3. The first-order valence-corrected chi connectivity index (χ1v) is 19.0. The van der Waals surface area contributed by atoms with E-state index in [9.17, 15) is 20.4 Å². The molecule has 7 heteroatoms. The first-order chi connectivity index (χ1) is 23.9. The predicted octanol–water partition coefficient (Wildman–Crippen LogP) is 10.5. The second-order valence-electron chi connectivity index (χ2n) is 11.9. The zero-order chi connectivity index (χ0) is 34.0. The highest BCUT2D eigenvalue weighted by molar-refractivity contribution is 7.99. The molecule has 0 saturated heterocycles. The summed E-state index contributed by atoms with van der Waals surface area (Å²) in [6.07, 6.45) is 3.29. The average Bonchev–Trinajstić information content (AvgIpc) is 3.10. The molecule has 0 aliphatic heterocycles. The van der Waals surface area contributed by atoms with Crippen LogP contribution >= 0.6 is 35.3 Å². The van der Waals surface area contributed by atoms with Gasteiger partial charge in [-0.05, 0) is 144 Å². The molecule has 0 amide bonds. The van der Waals surface area contributed by atoms with Crippen LogP contribution in [0.2, 0.25) is 0 Å². The van der Waals surface area contributed by atoms with Gasteiger partial charge in [-0.25, -0.2) is 0 Å². The van der Waals surface area contributed by atoms with Crippen molar-refractivity contribution < 1.29 is 20.4 Å². The Kier molecular flexibility index (Phi) is 11.8. The number of hydrogen-bond donors (Lipinski definition) is 4. The number of hydrogen-bond acceptors (Lipinski definition) is 7. The molecule has 0 aromatic heterocycles. The molecule has 49 heavy (non-hydrogen) atoms. The third-order valence-electron chi connectivity index (χ3n) is 8.14. The van der Waals surface area contributed by atoms with E-state index >= 15 is 0 Å². The van der Waals surface area contributed by atoms with Gasteiger partial charge in [0.15, 0.2) is 0 Å². The molecule has 0 aliphatic rings. The summed E-state index contributed by atoms with van der Waals surface area (Å²) in [4.78, 5) is 4.43. The fourth-order valence-electron chi connectivity index (χ4n) is 5.47. The lowest BCUT2D eigenvalue weighted by molar-refractivity contribution is 0.473. The van der Waals surface area contributed by atoms with Crippen molar-refractivity contribution in [1.29, 1.82) is 0 Å². The number of aromatic hydroxyl groups is 4. The SMILES string of the molecule is Oc1ccc(SCCc2ccc(Cc3cc(O)ccc3Sc3ccc(O)cc3Cc3ccc(CCSc4ccc(O)cc4)cc3)cc2)cc1. The number of benzene rings is 6. The molecule has 0 bridgehead atoms. The molecule has 0 atom stereocenters. The molecule has 4 N–H and O–H groups in total. The summed E-state index contributed by atoms with van der Waals surface area (Å²) in [7, 11) is 0. The van der Waals surface area contributed by atoms with Gasteiger partial charge < -0.3 is 20.4 Å². The van der Waals surface area contributed by atoms with E-state index in [2.05, 4.69) is 48.5 Å². The Morgan fingerprint density at radius 1 is 0.367 bits per heavy atom. The molecule has 0 radical (unpaired) electrons. The Balaban J connectivity index is 1.08. The largest absolute Gasteiger partial charge is 0.508 e. The van der Waals surface area contributed by atoms with Gasteiger partial charge in [0.05, 0.1) is 0 Å². The van der Waals surface area contributed by atoms with Crippen LogP contribution in [-0.4, -0.2) is 31.9 Å². The van der Waals surface area contributed by atoms with Gasteiger partial charge in [0.1, 0.15) is 23.0 Å². The fourth-order valence-corrected chi connectivity index (χ4v) is 8.31. The maximum absolute atomic E-state index is 10.4. The van der Waals surface area contributed by atoms with Crippen LogP contribution in [-0.2, 0) is 25.7 Å². The van der Waals surface area contributed by atoms with Crippen LogP contribution in [0.3, 0.4) is 0 Å². The van der Waals surface area contributed by atoms with E-state index in [0.29, 0.717) is 12.8 Å². The maximum Gasteiger partial charge on any atom is 0.115 e. The van der Waals surface area contributed by atoms with Crippen molar-refractivity contribution in [2.45, 2.75) is 45.3 Å². The molecule has 248 valence electrons. The monoisotopic (exact) mass is 702 g/mol. The number of thioether (sulfide) groups is 2. The van der Waals surface area contributed by atoms with Crippen molar-refractivity contribution in [2.24, 2.45) is 0 Å². The third kappa shape index (κ3) is 10.3. The zero-order valence-electron chi connectivity index (χ0n) is 27.0. The number of rotatable bonds is 14. The Bertz CT molecular complexity index is 1810. The molecule has 6 aromatic rings. The van der Waals surface area contributed by atoms with E-state index in [1.54, 1.807) is 71.7 Å². The van der Waals surface area contributed by atoms with Crippen molar-refractivity contribution in [2.75, 3.05) is 11.5 Å². The van der Waals surface area contributed by atoms with Crippen LogP contribution in [0.4, 0.5) is 0 Å². The van der Waals surface area contributed by atoms with Gasteiger partial charge in [-0.3, -0.25) is 0 Å². The summed E-state index contributed by atoms with van der Waals surface area (Å²) in [5.74, 6) is 2.97. The highest BCUT2D eigenvalue weighted by Gasteiger charge is 2.12. The molecule has 6 rings (SSSR count). The van der Waals surface area contributed by atoms with Gasteiger partial charge in [0, 0.05) is 31.1 Å². The minimum atomic E-state index is 0.245. The summed E-state index contributed by atoms with van der Waals surface area (Å²) in [5.41, 5.74) is 7.00. The van der Waals surface area contributed by atoms with Crippen LogP contribution in [0.5, 0.6) is 23.0 Å². The number of phenolic OH excluding ortho intramolecular Hbond substituents is 4. The molecule has 0 unspecified atom stereocenters. The van der Waals surface area contributed by atoms with E-state index in [4.69, 9.17) is 0 Å². The first kappa shape index (κ1) is 34.4. The Hall–Kier alpha value is -4.43. The average molecular weight is 703 g/mol. The topological polar surface area (TPSA) is 80.9 Å². The Morgan fingerprint density at radius 3 is 1.10 bits per heavy atom. The van der Waals surface area contributed by atoms with Crippen LogP contribution in [0.25, 0.3) is 0 Å². The van der Waals surface area contributed by atoms with Gasteiger partial charge in [0.25, 0.3) is 0 Å². The molecule has 6 aromatic carbocycles. The van der Waals surface area contributed by atoms with Gasteiger partial charge in [-0.15, -0.1) is 23.5 Å². The molecule has 0 aliphatic carbocycles. The molecular formula is C42H38O4S3. The summed E-state index contributed by atoms with van der Waals surface area (Å²) >= 11 is 5.22. The molecule has 0 fully saturated rings. The number of phenols is 4. The standard InChI is InChI=1S/C42H38O4S3/c43-35-9-15-39(16-10-35)47-23-21-29-1-5-31(6-2-29)25-33-27-37(45)13-19-41(33)49-42-20-14-38(46)28-34(42)26-32-7-3-30(4-8-32)22-24-48-40-17-11-36(44)12-18-40/h1-20,27-28,43-46H,21-26H2. The second kappa shape index (κ2) is 16.8. The van der Waals surface area contributed by atoms with Crippen LogP contribution < -0.4 is 0 Å². The predicted molar refractivity (Wildman–Crippen MR) is 204 cm³/mol. The van der Waals surface area contributed by atoms with Crippen LogP contribution in [0.15, 0.2) is 153 Å². The lowest BCUT2D eigenvalue weighted by Crippen LogP contribution is -1.96. The van der Waals surface area contributed by atoms with Crippen LogP contribution in [0.1, 0.15) is 33.4 Å². The molecular weight excluding hydrogens is 665 g/mol. The molecule has 4 nitrogen and oxygen atoms in total. The van der Waals surface area contributed by atoms with E-state index in [1.807, 2.05) is 48.5 Å². The third-order valence-corrected chi connectivity index (χ3v) is 11.4. The van der Waals surface area contributed by atoms with Gasteiger partial charge in [-0.1, -0.05) is 60.3 Å². The summed E-state index contributed by atoms with van der Waals surface area (Å²) < 4.78 is 0. The molecule has 0 saturated carbocycles. The van der Waals surface area contributed by atoms with Crippen LogP contribution in [0, 0.1) is 0 Å². The van der Waals surface area contributed by atoms with E-state index in [-0.39, 0.29) is 23.0 Å². The fraction of sp³-hybridized carbons (Fsp3) is 0.143. The van der Waals surface area contributed by atoms with Crippen molar-refractivity contribution in [1.82, 2.24) is 0 Å². The molecule has 0 heterocycles. The van der Waals surface area contributed by atoms with E-state index < -0.39 is 0 Å². The van der Waals surface area contributed by atoms with Gasteiger partial charge >= 0.3 is 0 Å². The smallest absolute Gasteiger partial charge is 0.115 e. The van der Waals surface area contributed by atoms with E-state index in [0.717, 1.165) is 55.1 Å². The van der Waals surface area contributed by atoms with Crippen molar-refractivity contribution >= 4 is 35.3 Å². The quantitative estimate of drug-likeness (QED) is 0.0842. The van der Waals surface area contributed by atoms with Crippen molar-refractivity contribution in [3.63, 3.8) is 0 Å². The minimum absolute atomic E-state index is 0.245. The highest BCUT2D eigenvalue weighted by Crippen LogP contribution is 2.37. The normalized spacial score (nSPS) is 11.1. The summed E-state index contributed by atoms with van der Waals surface area (Å²) in [6, 6.07) is 43.2. The van der Waals surface area contributed by atoms with Crippen molar-refractivity contribution in [3.05, 3.63) is 167 Å². The summed E-state index contributed by atoms with van der Waals surface area (Å²) in [6.45, 7) is 0. The lowest BCUT2D eigenvalue weighted by atomic mass is 10.0. The lowest BCUT2D eigenvalue weighted by Gasteiger charge is -2.14. The first-order valence-electron chi connectivity index (χ1n) is 16.2. The summed E-state index contributed by atoms with van der Waals surface area (Å²) in [5, 5.41) is 39.8. The van der Waals surface area contributed by atoms with E-state index in [1.165, 1.54) is 22.3 Å². The van der Waals surface area contributed by atoms with Gasteiger partial charge in [0.2, 0.25) is 0 Å². The Morgan fingerprint density at radius 2 is 0.714 bits per heavy atom. The highest BCUT2D eigenvalue weighted by atomic mass is 32.2. The minimum Gasteiger partial charge on any atom is -0.508 e. The molecule has 0 spiro atoms.